The van der Waals surface area contributed by atoms with Gasteiger partial charge in [0.1, 0.15) is 17.9 Å². The van der Waals surface area contributed by atoms with Gasteiger partial charge in [0.05, 0.1) is 0 Å². The van der Waals surface area contributed by atoms with Crippen LogP contribution in [0.5, 0.6) is 0 Å². The Morgan fingerprint density at radius 1 is 1.05 bits per heavy atom. The molecule has 4 nitrogen and oxygen atoms in total. The molecule has 0 aliphatic heterocycles. The highest BCUT2D eigenvalue weighted by Gasteiger charge is 2.12. The maximum atomic E-state index is 4.64. The summed E-state index contributed by atoms with van der Waals surface area (Å²) in [5.74, 6) is 1.62. The van der Waals surface area contributed by atoms with Crippen molar-refractivity contribution >= 4 is 22.7 Å². The highest BCUT2D eigenvalue weighted by molar-refractivity contribution is 5.72. The molecule has 2 aromatic heterocycles. The molecule has 0 bridgehead atoms. The lowest BCUT2D eigenvalue weighted by Gasteiger charge is -2.06. The minimum absolute atomic E-state index is 0.804. The molecule has 0 unspecified atom stereocenters. The lowest BCUT2D eigenvalue weighted by atomic mass is 10.3. The van der Waals surface area contributed by atoms with Gasteiger partial charge in [-0.2, -0.15) is 4.57 Å². The SMILES string of the molecule is CCC[n+]1cc(Nc2ccccn2)nc2ccccc21. The van der Waals surface area contributed by atoms with Crippen LogP contribution in [0.15, 0.2) is 54.9 Å². The van der Waals surface area contributed by atoms with E-state index in [1.165, 1.54) is 0 Å². The molecule has 0 saturated carbocycles. The minimum atomic E-state index is 0.804. The van der Waals surface area contributed by atoms with Crippen molar-refractivity contribution in [2.75, 3.05) is 5.32 Å². The number of pyridine rings is 1. The number of nitrogens with one attached hydrogen (secondary N) is 1. The van der Waals surface area contributed by atoms with Gasteiger partial charge in [-0.15, -0.1) is 0 Å². The molecular weight excluding hydrogens is 248 g/mol. The van der Waals surface area contributed by atoms with E-state index in [4.69, 9.17) is 0 Å². The van der Waals surface area contributed by atoms with Gasteiger partial charge in [0.15, 0.2) is 5.82 Å². The van der Waals surface area contributed by atoms with Crippen molar-refractivity contribution in [3.8, 4) is 0 Å². The van der Waals surface area contributed by atoms with Crippen molar-refractivity contribution in [3.63, 3.8) is 0 Å². The van der Waals surface area contributed by atoms with Gasteiger partial charge < -0.3 is 5.32 Å². The quantitative estimate of drug-likeness (QED) is 0.737. The van der Waals surface area contributed by atoms with E-state index in [0.717, 1.165) is 35.6 Å². The van der Waals surface area contributed by atoms with Crippen LogP contribution in [-0.2, 0) is 6.54 Å². The maximum Gasteiger partial charge on any atom is 0.231 e. The third-order valence-electron chi connectivity index (χ3n) is 3.10. The molecule has 3 aromatic rings. The molecule has 1 aromatic carbocycles. The summed E-state index contributed by atoms with van der Waals surface area (Å²) in [7, 11) is 0. The summed E-state index contributed by atoms with van der Waals surface area (Å²) in [5, 5.41) is 3.25. The molecule has 0 aliphatic rings. The number of aromatic nitrogens is 3. The monoisotopic (exact) mass is 265 g/mol. The van der Waals surface area contributed by atoms with Gasteiger partial charge in [0.25, 0.3) is 0 Å². The summed E-state index contributed by atoms with van der Waals surface area (Å²) >= 11 is 0. The smallest absolute Gasteiger partial charge is 0.231 e. The highest BCUT2D eigenvalue weighted by Crippen LogP contribution is 2.14. The van der Waals surface area contributed by atoms with E-state index in [0.29, 0.717) is 0 Å². The summed E-state index contributed by atoms with van der Waals surface area (Å²) in [6.45, 7) is 3.15. The van der Waals surface area contributed by atoms with Crippen LogP contribution in [0, 0.1) is 0 Å². The van der Waals surface area contributed by atoms with E-state index in [9.17, 15) is 0 Å². The number of anilines is 2. The van der Waals surface area contributed by atoms with Crippen LogP contribution in [0.2, 0.25) is 0 Å². The average molecular weight is 265 g/mol. The average Bonchev–Trinajstić information content (AvgIpc) is 2.49. The zero-order valence-corrected chi connectivity index (χ0v) is 11.5. The Morgan fingerprint density at radius 2 is 1.90 bits per heavy atom. The first-order chi connectivity index (χ1) is 9.86. The van der Waals surface area contributed by atoms with Crippen LogP contribution in [0.3, 0.4) is 0 Å². The van der Waals surface area contributed by atoms with Crippen molar-refractivity contribution in [1.82, 2.24) is 9.97 Å². The van der Waals surface area contributed by atoms with Gasteiger partial charge in [0, 0.05) is 18.7 Å². The highest BCUT2D eigenvalue weighted by atomic mass is 15.1. The molecular formula is C16H17N4+. The van der Waals surface area contributed by atoms with E-state index in [2.05, 4.69) is 32.8 Å². The predicted octanol–water partition coefficient (Wildman–Crippen LogP) is 3.07. The number of rotatable bonds is 4. The summed E-state index contributed by atoms with van der Waals surface area (Å²) in [5.41, 5.74) is 2.14. The Kier molecular flexibility index (Phi) is 3.54. The zero-order valence-electron chi connectivity index (χ0n) is 11.5. The van der Waals surface area contributed by atoms with Crippen molar-refractivity contribution < 1.29 is 4.57 Å². The van der Waals surface area contributed by atoms with E-state index < -0.39 is 0 Å². The number of hydrogen-bond donors (Lipinski definition) is 1. The van der Waals surface area contributed by atoms with Crippen LogP contribution in [0.25, 0.3) is 11.0 Å². The largest absolute Gasteiger partial charge is 0.320 e. The van der Waals surface area contributed by atoms with Gasteiger partial charge >= 0.3 is 0 Å². The molecule has 0 atom stereocenters. The first kappa shape index (κ1) is 12.5. The molecule has 2 heterocycles. The fraction of sp³-hybridized carbons (Fsp3) is 0.188. The topological polar surface area (TPSA) is 41.7 Å². The number of nitrogens with zero attached hydrogens (tertiary/aromatic N) is 3. The Hall–Kier alpha value is -2.49. The number of hydrogen-bond acceptors (Lipinski definition) is 3. The third-order valence-corrected chi connectivity index (χ3v) is 3.10. The number of benzene rings is 1. The Balaban J connectivity index is 2.03. The number of fused-ring (bicyclic) bond motifs is 1. The zero-order chi connectivity index (χ0) is 13.8. The van der Waals surface area contributed by atoms with Crippen LogP contribution < -0.4 is 9.88 Å². The predicted molar refractivity (Wildman–Crippen MR) is 79.7 cm³/mol. The molecule has 1 N–H and O–H groups in total. The molecule has 4 heteroatoms. The van der Waals surface area contributed by atoms with Gasteiger partial charge in [-0.05, 0) is 18.2 Å². The van der Waals surface area contributed by atoms with Gasteiger partial charge in [0.2, 0.25) is 11.7 Å². The Labute approximate surface area is 118 Å². The van der Waals surface area contributed by atoms with Crippen LogP contribution >= 0.6 is 0 Å². The summed E-state index contributed by atoms with van der Waals surface area (Å²) in [6.07, 6.45) is 4.89. The molecule has 0 amide bonds. The van der Waals surface area contributed by atoms with Gasteiger partial charge in [-0.25, -0.2) is 9.97 Å². The van der Waals surface area contributed by atoms with E-state index >= 15 is 0 Å². The van der Waals surface area contributed by atoms with Gasteiger partial charge in [-0.1, -0.05) is 25.1 Å². The molecule has 0 saturated heterocycles. The van der Waals surface area contributed by atoms with Crippen LogP contribution in [0.4, 0.5) is 11.6 Å². The van der Waals surface area contributed by atoms with Crippen LogP contribution in [-0.4, -0.2) is 9.97 Å². The standard InChI is InChI=1S/C16H17N4/c1-2-11-20-12-16(19-15-9-5-6-10-17-15)18-13-7-3-4-8-14(13)20/h3-10,12H,2,11H2,1H3,(H,17,18,19)/q+1. The van der Waals surface area contributed by atoms with Crippen molar-refractivity contribution in [1.29, 1.82) is 0 Å². The molecule has 0 radical (unpaired) electrons. The molecule has 20 heavy (non-hydrogen) atoms. The van der Waals surface area contributed by atoms with Crippen LogP contribution in [0.1, 0.15) is 13.3 Å². The first-order valence-electron chi connectivity index (χ1n) is 6.84. The molecule has 0 spiro atoms. The van der Waals surface area contributed by atoms with Crippen molar-refractivity contribution in [2.45, 2.75) is 19.9 Å². The normalized spacial score (nSPS) is 10.7. The van der Waals surface area contributed by atoms with Crippen molar-refractivity contribution in [3.05, 3.63) is 54.9 Å². The second-order valence-corrected chi connectivity index (χ2v) is 4.65. The summed E-state index contributed by atoms with van der Waals surface area (Å²) in [4.78, 5) is 8.91. The second-order valence-electron chi connectivity index (χ2n) is 4.65. The molecule has 0 fully saturated rings. The fourth-order valence-corrected chi connectivity index (χ4v) is 2.23. The van der Waals surface area contributed by atoms with Gasteiger partial charge in [-0.3, -0.25) is 0 Å². The van der Waals surface area contributed by atoms with Crippen molar-refractivity contribution in [2.24, 2.45) is 0 Å². The number of aryl methyl sites for hydroxylation is 1. The molecule has 100 valence electrons. The summed E-state index contributed by atoms with van der Waals surface area (Å²) < 4.78 is 2.23. The maximum absolute atomic E-state index is 4.64. The van der Waals surface area contributed by atoms with E-state index in [-0.39, 0.29) is 0 Å². The molecule has 0 aliphatic carbocycles. The lowest BCUT2D eigenvalue weighted by molar-refractivity contribution is -0.671. The summed E-state index contributed by atoms with van der Waals surface area (Å²) in [6, 6.07) is 14.0. The van der Waals surface area contributed by atoms with E-state index in [1.807, 2.05) is 42.6 Å². The third kappa shape index (κ3) is 2.59. The fourth-order valence-electron chi connectivity index (χ4n) is 2.23. The number of para-hydroxylation sites is 2. The molecule has 3 rings (SSSR count). The first-order valence-corrected chi connectivity index (χ1v) is 6.84. The lowest BCUT2D eigenvalue weighted by Crippen LogP contribution is -2.34. The Bertz CT molecular complexity index is 710. The Morgan fingerprint density at radius 3 is 2.70 bits per heavy atom. The van der Waals surface area contributed by atoms with E-state index in [1.54, 1.807) is 6.20 Å². The second kappa shape index (κ2) is 5.65. The minimum Gasteiger partial charge on any atom is -0.320 e.